The zero-order valence-electron chi connectivity index (χ0n) is 18.3. The Morgan fingerprint density at radius 1 is 1.13 bits per heavy atom. The second kappa shape index (κ2) is 9.75. The van der Waals surface area contributed by atoms with Crippen molar-refractivity contribution in [3.05, 3.63) is 70.2 Å². The van der Waals surface area contributed by atoms with Crippen LogP contribution >= 0.6 is 11.3 Å². The third-order valence-electron chi connectivity index (χ3n) is 5.07. The van der Waals surface area contributed by atoms with Crippen LogP contribution in [0.2, 0.25) is 0 Å². The number of nitrogens with one attached hydrogen (secondary N) is 1. The van der Waals surface area contributed by atoms with Gasteiger partial charge in [0.25, 0.3) is 0 Å². The predicted octanol–water partition coefficient (Wildman–Crippen LogP) is 5.36. The van der Waals surface area contributed by atoms with Crippen LogP contribution in [0.15, 0.2) is 47.8 Å². The Morgan fingerprint density at radius 2 is 1.84 bits per heavy atom. The van der Waals surface area contributed by atoms with E-state index in [1.54, 1.807) is 5.38 Å². The number of rotatable bonds is 8. The van der Waals surface area contributed by atoms with Gasteiger partial charge in [0.15, 0.2) is 9.84 Å². The standard InChI is InChI=1S/C24H28N2O3S2/c1-5-18-9-11-19(12-10-18)24-25-20(13-30-24)14-31(28,29)15-22(27)26-23-17(4)7-6-8-21(23)16(2)3/h6-13,16H,5,14-15H2,1-4H3,(H,26,27). The molecule has 0 unspecified atom stereocenters. The SMILES string of the molecule is CCc1ccc(-c2nc(CS(=O)(=O)CC(=O)Nc3c(C)cccc3C(C)C)cs2)cc1. The normalized spacial score (nSPS) is 11.6. The topological polar surface area (TPSA) is 76.1 Å². The summed E-state index contributed by atoms with van der Waals surface area (Å²) in [5.74, 6) is -1.14. The zero-order chi connectivity index (χ0) is 22.6. The zero-order valence-corrected chi connectivity index (χ0v) is 19.9. The molecule has 0 fully saturated rings. The molecule has 0 saturated heterocycles. The van der Waals surface area contributed by atoms with Gasteiger partial charge in [-0.3, -0.25) is 4.79 Å². The number of carbonyl (C=O) groups is 1. The lowest BCUT2D eigenvalue weighted by molar-refractivity contribution is -0.113. The number of aromatic nitrogens is 1. The number of para-hydroxylation sites is 1. The smallest absolute Gasteiger partial charge is 0.239 e. The maximum Gasteiger partial charge on any atom is 0.239 e. The summed E-state index contributed by atoms with van der Waals surface area (Å²) < 4.78 is 25.3. The average Bonchev–Trinajstić information content (AvgIpc) is 3.16. The number of sulfone groups is 1. The molecule has 1 amide bonds. The van der Waals surface area contributed by atoms with Crippen LogP contribution in [-0.4, -0.2) is 25.1 Å². The number of nitrogens with zero attached hydrogens (tertiary/aromatic N) is 1. The predicted molar refractivity (Wildman–Crippen MR) is 128 cm³/mol. The monoisotopic (exact) mass is 456 g/mol. The highest BCUT2D eigenvalue weighted by molar-refractivity contribution is 7.91. The summed E-state index contributed by atoms with van der Waals surface area (Å²) in [5, 5.41) is 5.33. The third kappa shape index (κ3) is 6.02. The van der Waals surface area contributed by atoms with Crippen molar-refractivity contribution in [2.75, 3.05) is 11.1 Å². The molecule has 1 heterocycles. The molecule has 0 spiro atoms. The largest absolute Gasteiger partial charge is 0.325 e. The van der Waals surface area contributed by atoms with E-state index in [9.17, 15) is 13.2 Å². The number of amides is 1. The van der Waals surface area contributed by atoms with Crippen molar-refractivity contribution in [2.45, 2.75) is 45.8 Å². The van der Waals surface area contributed by atoms with Gasteiger partial charge in [0, 0.05) is 16.6 Å². The van der Waals surface area contributed by atoms with Crippen LogP contribution in [0.25, 0.3) is 10.6 Å². The molecule has 5 nitrogen and oxygen atoms in total. The van der Waals surface area contributed by atoms with Gasteiger partial charge in [0.1, 0.15) is 10.8 Å². The van der Waals surface area contributed by atoms with Gasteiger partial charge < -0.3 is 5.32 Å². The molecule has 164 valence electrons. The maximum absolute atomic E-state index is 12.6. The molecule has 1 aromatic heterocycles. The molecule has 3 rings (SSSR count). The first kappa shape index (κ1) is 23.2. The van der Waals surface area contributed by atoms with E-state index >= 15 is 0 Å². The van der Waals surface area contributed by atoms with Crippen LogP contribution in [0.5, 0.6) is 0 Å². The number of aryl methyl sites for hydroxylation is 2. The van der Waals surface area contributed by atoms with Gasteiger partial charge in [-0.1, -0.05) is 63.2 Å². The van der Waals surface area contributed by atoms with Crippen LogP contribution in [0.1, 0.15) is 49.1 Å². The Kier molecular flexibility index (Phi) is 7.28. The first-order chi connectivity index (χ1) is 14.7. The molecule has 31 heavy (non-hydrogen) atoms. The summed E-state index contributed by atoms with van der Waals surface area (Å²) in [7, 11) is -3.65. The Morgan fingerprint density at radius 3 is 2.48 bits per heavy atom. The van der Waals surface area contributed by atoms with Crippen molar-refractivity contribution in [3.8, 4) is 10.6 Å². The molecule has 7 heteroatoms. The third-order valence-corrected chi connectivity index (χ3v) is 7.45. The molecule has 0 saturated carbocycles. The van der Waals surface area contributed by atoms with E-state index in [2.05, 4.69) is 29.4 Å². The number of carbonyl (C=O) groups excluding carboxylic acids is 1. The fourth-order valence-electron chi connectivity index (χ4n) is 3.38. The van der Waals surface area contributed by atoms with E-state index in [1.165, 1.54) is 16.9 Å². The van der Waals surface area contributed by atoms with Gasteiger partial charge >= 0.3 is 0 Å². The van der Waals surface area contributed by atoms with Gasteiger partial charge in [-0.25, -0.2) is 13.4 Å². The van der Waals surface area contributed by atoms with Crippen molar-refractivity contribution >= 4 is 32.8 Å². The van der Waals surface area contributed by atoms with Crippen molar-refractivity contribution < 1.29 is 13.2 Å². The van der Waals surface area contributed by atoms with E-state index in [-0.39, 0.29) is 11.7 Å². The molecule has 0 aliphatic carbocycles. The Bertz CT molecular complexity index is 1160. The summed E-state index contributed by atoms with van der Waals surface area (Å²) in [6.07, 6.45) is 0.963. The minimum Gasteiger partial charge on any atom is -0.325 e. The van der Waals surface area contributed by atoms with E-state index < -0.39 is 21.5 Å². The summed E-state index contributed by atoms with van der Waals surface area (Å²) in [5.41, 5.74) is 5.27. The Labute approximate surface area is 188 Å². The van der Waals surface area contributed by atoms with Gasteiger partial charge in [-0.05, 0) is 36.0 Å². The van der Waals surface area contributed by atoms with Crippen molar-refractivity contribution in [3.63, 3.8) is 0 Å². The Balaban J connectivity index is 1.68. The van der Waals surface area contributed by atoms with Gasteiger partial charge in [-0.15, -0.1) is 11.3 Å². The molecular formula is C24H28N2O3S2. The van der Waals surface area contributed by atoms with Gasteiger partial charge in [-0.2, -0.15) is 0 Å². The minimum atomic E-state index is -3.65. The van der Waals surface area contributed by atoms with Gasteiger partial charge in [0.05, 0.1) is 11.4 Å². The van der Waals surface area contributed by atoms with Crippen LogP contribution in [0.3, 0.4) is 0 Å². The van der Waals surface area contributed by atoms with Crippen molar-refractivity contribution in [1.29, 1.82) is 0 Å². The van der Waals surface area contributed by atoms with E-state index in [0.29, 0.717) is 11.4 Å². The fourth-order valence-corrected chi connectivity index (χ4v) is 5.49. The summed E-state index contributed by atoms with van der Waals surface area (Å²) in [6.45, 7) is 8.08. The quantitative estimate of drug-likeness (QED) is 0.495. The van der Waals surface area contributed by atoms with Crippen molar-refractivity contribution in [2.24, 2.45) is 0 Å². The van der Waals surface area contributed by atoms with E-state index in [0.717, 1.165) is 28.1 Å². The molecule has 0 bridgehead atoms. The molecular weight excluding hydrogens is 428 g/mol. The Hall–Kier alpha value is -2.51. The first-order valence-electron chi connectivity index (χ1n) is 10.3. The van der Waals surface area contributed by atoms with Crippen LogP contribution in [-0.2, 0) is 26.8 Å². The second-order valence-corrected chi connectivity index (χ2v) is 10.9. The van der Waals surface area contributed by atoms with E-state index in [4.69, 9.17) is 0 Å². The molecule has 0 atom stereocenters. The summed E-state index contributed by atoms with van der Waals surface area (Å²) in [6, 6.07) is 13.9. The number of thiazole rings is 1. The highest BCUT2D eigenvalue weighted by Crippen LogP contribution is 2.28. The lowest BCUT2D eigenvalue weighted by Gasteiger charge is -2.16. The highest BCUT2D eigenvalue weighted by atomic mass is 32.2. The van der Waals surface area contributed by atoms with Gasteiger partial charge in [0.2, 0.25) is 5.91 Å². The molecule has 2 aromatic carbocycles. The number of hydrogen-bond acceptors (Lipinski definition) is 5. The molecule has 0 radical (unpaired) electrons. The van der Waals surface area contributed by atoms with E-state index in [1.807, 2.05) is 51.1 Å². The number of hydrogen-bond donors (Lipinski definition) is 1. The first-order valence-corrected chi connectivity index (χ1v) is 13.0. The fraction of sp³-hybridized carbons (Fsp3) is 0.333. The van der Waals surface area contributed by atoms with Crippen LogP contribution in [0.4, 0.5) is 5.69 Å². The van der Waals surface area contributed by atoms with Crippen LogP contribution < -0.4 is 5.32 Å². The molecule has 0 aliphatic rings. The summed E-state index contributed by atoms with van der Waals surface area (Å²) in [4.78, 5) is 17.0. The lowest BCUT2D eigenvalue weighted by atomic mass is 9.98. The maximum atomic E-state index is 12.6. The highest BCUT2D eigenvalue weighted by Gasteiger charge is 2.21. The lowest BCUT2D eigenvalue weighted by Crippen LogP contribution is -2.25. The second-order valence-electron chi connectivity index (χ2n) is 7.97. The average molecular weight is 457 g/mol. The minimum absolute atomic E-state index is 0.214. The molecule has 3 aromatic rings. The van der Waals surface area contributed by atoms with Crippen LogP contribution in [0, 0.1) is 6.92 Å². The number of benzene rings is 2. The summed E-state index contributed by atoms with van der Waals surface area (Å²) >= 11 is 1.41. The number of anilines is 1. The molecule has 0 aliphatic heterocycles. The van der Waals surface area contributed by atoms with Crippen molar-refractivity contribution in [1.82, 2.24) is 4.98 Å². The molecule has 1 N–H and O–H groups in total.